The lowest BCUT2D eigenvalue weighted by atomic mass is 9.98. The topological polar surface area (TPSA) is 107 Å². The summed E-state index contributed by atoms with van der Waals surface area (Å²) in [6.45, 7) is 0. The maximum absolute atomic E-state index is 13.7. The van der Waals surface area contributed by atoms with Gasteiger partial charge in [-0.15, -0.1) is 0 Å². The largest absolute Gasteiger partial charge is 0.504 e. The summed E-state index contributed by atoms with van der Waals surface area (Å²) in [6.07, 6.45) is 1.59. The summed E-state index contributed by atoms with van der Waals surface area (Å²) in [4.78, 5) is 4.67. The van der Waals surface area contributed by atoms with Gasteiger partial charge in [0, 0.05) is 11.6 Å². The van der Waals surface area contributed by atoms with Gasteiger partial charge in [-0.2, -0.15) is 4.72 Å². The monoisotopic (exact) mass is 530 g/mol. The summed E-state index contributed by atoms with van der Waals surface area (Å²) in [5.41, 5.74) is 0.972. The number of rotatable bonds is 8. The molecule has 1 aromatic heterocycles. The van der Waals surface area contributed by atoms with Crippen molar-refractivity contribution >= 4 is 31.6 Å². The first-order chi connectivity index (χ1) is 18.3. The van der Waals surface area contributed by atoms with E-state index in [9.17, 15) is 13.5 Å². The number of aromatic nitrogens is 1. The first-order valence-electron chi connectivity index (χ1n) is 11.7. The molecular formula is C29H26N2O6S. The van der Waals surface area contributed by atoms with E-state index >= 15 is 0 Å². The van der Waals surface area contributed by atoms with Crippen molar-refractivity contribution in [1.29, 1.82) is 0 Å². The quantitative estimate of drug-likeness (QED) is 0.284. The van der Waals surface area contributed by atoms with Gasteiger partial charge in [0.15, 0.2) is 23.0 Å². The van der Waals surface area contributed by atoms with E-state index in [4.69, 9.17) is 14.2 Å². The van der Waals surface area contributed by atoms with Crippen LogP contribution in [0, 0.1) is 0 Å². The van der Waals surface area contributed by atoms with E-state index < -0.39 is 16.1 Å². The highest BCUT2D eigenvalue weighted by Crippen LogP contribution is 2.38. The maximum atomic E-state index is 13.7. The van der Waals surface area contributed by atoms with Crippen molar-refractivity contribution in [2.45, 2.75) is 10.9 Å². The van der Waals surface area contributed by atoms with Gasteiger partial charge in [-0.1, -0.05) is 36.4 Å². The van der Waals surface area contributed by atoms with Crippen LogP contribution in [0.5, 0.6) is 23.0 Å². The molecule has 0 saturated heterocycles. The van der Waals surface area contributed by atoms with Crippen molar-refractivity contribution in [2.24, 2.45) is 0 Å². The minimum Gasteiger partial charge on any atom is -0.504 e. The van der Waals surface area contributed by atoms with Gasteiger partial charge in [0.25, 0.3) is 0 Å². The second-order valence-corrected chi connectivity index (χ2v) is 10.3. The van der Waals surface area contributed by atoms with Gasteiger partial charge in [0.05, 0.1) is 38.0 Å². The Morgan fingerprint density at radius 2 is 1.50 bits per heavy atom. The third-order valence-corrected chi connectivity index (χ3v) is 7.83. The molecule has 5 aromatic rings. The zero-order chi connectivity index (χ0) is 26.9. The molecule has 0 spiro atoms. The van der Waals surface area contributed by atoms with Gasteiger partial charge in [-0.05, 0) is 64.2 Å². The van der Waals surface area contributed by atoms with Gasteiger partial charge in [-0.3, -0.25) is 4.98 Å². The summed E-state index contributed by atoms with van der Waals surface area (Å²) >= 11 is 0. The molecule has 0 bridgehead atoms. The molecule has 5 rings (SSSR count). The lowest BCUT2D eigenvalue weighted by Crippen LogP contribution is -2.30. The molecule has 0 fully saturated rings. The molecule has 2 N–H and O–H groups in total. The average Bonchev–Trinajstić information content (AvgIpc) is 2.94. The fourth-order valence-electron chi connectivity index (χ4n) is 4.48. The number of ether oxygens (including phenoxy) is 3. The van der Waals surface area contributed by atoms with Crippen LogP contribution in [0.1, 0.15) is 17.3 Å². The predicted molar refractivity (Wildman–Crippen MR) is 146 cm³/mol. The van der Waals surface area contributed by atoms with Crippen molar-refractivity contribution in [3.63, 3.8) is 0 Å². The summed E-state index contributed by atoms with van der Waals surface area (Å²) in [5, 5.41) is 13.5. The van der Waals surface area contributed by atoms with Crippen LogP contribution in [0.15, 0.2) is 90.0 Å². The highest BCUT2D eigenvalue weighted by molar-refractivity contribution is 7.89. The molecule has 0 aliphatic rings. The van der Waals surface area contributed by atoms with Crippen LogP contribution >= 0.6 is 0 Å². The van der Waals surface area contributed by atoms with Crippen LogP contribution in [0.3, 0.4) is 0 Å². The summed E-state index contributed by atoms with van der Waals surface area (Å²) in [7, 11) is 0.480. The number of hydrogen-bond donors (Lipinski definition) is 2. The van der Waals surface area contributed by atoms with Gasteiger partial charge in [0.2, 0.25) is 10.0 Å². The lowest BCUT2D eigenvalue weighted by molar-refractivity contribution is 0.354. The van der Waals surface area contributed by atoms with E-state index in [0.29, 0.717) is 33.9 Å². The first-order valence-corrected chi connectivity index (χ1v) is 13.2. The van der Waals surface area contributed by atoms with Gasteiger partial charge in [-0.25, -0.2) is 8.42 Å². The Morgan fingerprint density at radius 1 is 0.763 bits per heavy atom. The Balaban J connectivity index is 1.69. The summed E-state index contributed by atoms with van der Waals surface area (Å²) in [6, 6.07) is 21.7. The van der Waals surface area contributed by atoms with Crippen LogP contribution in [0.2, 0.25) is 0 Å². The SMILES string of the molecule is COc1cc2ccnc([C@@H](NS(=O)(=O)c3ccc4ccccc4c3)c3ccc(OC)c(OC)c3)c2cc1O. The smallest absolute Gasteiger partial charge is 0.241 e. The van der Waals surface area contributed by atoms with E-state index in [1.165, 1.54) is 27.4 Å². The molecule has 0 aliphatic carbocycles. The Labute approximate surface area is 220 Å². The van der Waals surface area contributed by atoms with Crippen molar-refractivity contribution in [1.82, 2.24) is 9.71 Å². The fourth-order valence-corrected chi connectivity index (χ4v) is 5.70. The third-order valence-electron chi connectivity index (χ3n) is 6.41. The number of sulfonamides is 1. The summed E-state index contributed by atoms with van der Waals surface area (Å²) in [5.74, 6) is 1.15. The van der Waals surface area contributed by atoms with Crippen molar-refractivity contribution in [3.8, 4) is 23.0 Å². The molecular weight excluding hydrogens is 504 g/mol. The number of hydrogen-bond acceptors (Lipinski definition) is 7. The van der Waals surface area contributed by atoms with Crippen LogP contribution in [-0.4, -0.2) is 39.8 Å². The molecule has 1 atom stereocenters. The number of aromatic hydroxyl groups is 1. The molecule has 0 aliphatic heterocycles. The second-order valence-electron chi connectivity index (χ2n) is 8.62. The van der Waals surface area contributed by atoms with Crippen molar-refractivity contribution in [3.05, 3.63) is 96.3 Å². The van der Waals surface area contributed by atoms with Gasteiger partial charge in [0.1, 0.15) is 0 Å². The van der Waals surface area contributed by atoms with Crippen molar-refractivity contribution in [2.75, 3.05) is 21.3 Å². The number of benzene rings is 4. The van der Waals surface area contributed by atoms with Crippen LogP contribution in [0.25, 0.3) is 21.5 Å². The number of nitrogens with one attached hydrogen (secondary N) is 1. The Hall–Kier alpha value is -4.34. The van der Waals surface area contributed by atoms with Gasteiger partial charge >= 0.3 is 0 Å². The molecule has 38 heavy (non-hydrogen) atoms. The maximum Gasteiger partial charge on any atom is 0.241 e. The number of pyridine rings is 1. The van der Waals surface area contributed by atoms with E-state index in [0.717, 1.165) is 16.2 Å². The van der Waals surface area contributed by atoms with Crippen LogP contribution in [0.4, 0.5) is 0 Å². The van der Waals surface area contributed by atoms with Crippen LogP contribution in [-0.2, 0) is 10.0 Å². The number of methoxy groups -OCH3 is 3. The first kappa shape index (κ1) is 25.3. The Kier molecular flexibility index (Phi) is 6.79. The molecule has 8 nitrogen and oxygen atoms in total. The second kappa shape index (κ2) is 10.2. The minimum absolute atomic E-state index is 0.0855. The van der Waals surface area contributed by atoms with E-state index in [-0.39, 0.29) is 10.6 Å². The molecule has 0 amide bonds. The van der Waals surface area contributed by atoms with E-state index in [2.05, 4.69) is 9.71 Å². The van der Waals surface area contributed by atoms with E-state index in [1.807, 2.05) is 24.3 Å². The Morgan fingerprint density at radius 3 is 2.24 bits per heavy atom. The molecule has 0 saturated carbocycles. The number of phenols is 1. The molecule has 9 heteroatoms. The highest BCUT2D eigenvalue weighted by atomic mass is 32.2. The van der Waals surface area contributed by atoms with Crippen molar-refractivity contribution < 1.29 is 27.7 Å². The molecule has 4 aromatic carbocycles. The zero-order valence-electron chi connectivity index (χ0n) is 21.0. The fraction of sp³-hybridized carbons (Fsp3) is 0.138. The highest BCUT2D eigenvalue weighted by Gasteiger charge is 2.27. The molecule has 194 valence electrons. The zero-order valence-corrected chi connectivity index (χ0v) is 21.8. The predicted octanol–water partition coefficient (Wildman–Crippen LogP) is 5.19. The third kappa shape index (κ3) is 4.69. The standard InChI is InChI=1S/C29H26N2O6S/c1-35-25-11-9-21(16-27(25)37-3)28(29-23-17-24(32)26(36-2)15-20(23)12-13-30-29)31-38(33,34)22-10-8-18-6-4-5-7-19(18)14-22/h4-17,28,31-32H,1-3H3/t28-/m0/s1. The van der Waals surface area contributed by atoms with Crippen LogP contribution < -0.4 is 18.9 Å². The minimum atomic E-state index is -4.02. The van der Waals surface area contributed by atoms with E-state index in [1.54, 1.807) is 54.7 Å². The Bertz CT molecular complexity index is 1750. The lowest BCUT2D eigenvalue weighted by Gasteiger charge is -2.22. The number of phenolic OH excluding ortho intramolecular Hbond substituents is 1. The molecule has 1 heterocycles. The number of nitrogens with zero attached hydrogens (tertiary/aromatic N) is 1. The number of fused-ring (bicyclic) bond motifs is 2. The summed E-state index contributed by atoms with van der Waals surface area (Å²) < 4.78 is 46.4. The average molecular weight is 531 g/mol. The van der Waals surface area contributed by atoms with Gasteiger partial charge < -0.3 is 19.3 Å². The molecule has 0 unspecified atom stereocenters. The molecule has 0 radical (unpaired) electrons. The normalized spacial score (nSPS) is 12.4.